The lowest BCUT2D eigenvalue weighted by Gasteiger charge is -1.98. The van der Waals surface area contributed by atoms with Crippen molar-refractivity contribution in [2.24, 2.45) is 0 Å². The number of anilines is 1. The van der Waals surface area contributed by atoms with Crippen LogP contribution in [-0.2, 0) is 0 Å². The minimum absolute atomic E-state index is 0.278. The number of nitro groups is 1. The van der Waals surface area contributed by atoms with Crippen LogP contribution >= 0.6 is 15.9 Å². The number of hydrogen-bond acceptors (Lipinski definition) is 4. The van der Waals surface area contributed by atoms with Crippen LogP contribution in [0.3, 0.4) is 0 Å². The van der Waals surface area contributed by atoms with Crippen molar-refractivity contribution in [1.29, 1.82) is 0 Å². The monoisotopic (exact) mass is 235 g/mol. The summed E-state index contributed by atoms with van der Waals surface area (Å²) in [4.78, 5) is 12.8. The highest BCUT2D eigenvalue weighted by Crippen LogP contribution is 2.30. The van der Waals surface area contributed by atoms with Gasteiger partial charge in [0, 0.05) is 0 Å². The summed E-state index contributed by atoms with van der Waals surface area (Å²) >= 11 is 2.69. The molecule has 0 saturated carbocycles. The van der Waals surface area contributed by atoms with Crippen molar-refractivity contribution >= 4 is 27.4 Å². The maximum Gasteiger partial charge on any atom is 0.328 e. The van der Waals surface area contributed by atoms with Crippen LogP contribution in [0.4, 0.5) is 15.9 Å². The lowest BCUT2D eigenvalue weighted by atomic mass is 10.4. The van der Waals surface area contributed by atoms with E-state index in [1.165, 1.54) is 0 Å². The number of aromatic nitrogens is 1. The Morgan fingerprint density at radius 2 is 2.33 bits per heavy atom. The second-order valence-corrected chi connectivity index (χ2v) is 2.70. The molecule has 5 nitrogen and oxygen atoms in total. The van der Waals surface area contributed by atoms with E-state index in [2.05, 4.69) is 20.9 Å². The summed E-state index contributed by atoms with van der Waals surface area (Å²) in [6.07, 6.45) is 0.812. The highest BCUT2D eigenvalue weighted by atomic mass is 79.9. The average molecular weight is 236 g/mol. The Morgan fingerprint density at radius 1 is 1.75 bits per heavy atom. The van der Waals surface area contributed by atoms with Gasteiger partial charge in [-0.3, -0.25) is 10.1 Å². The number of nitrogen functional groups attached to an aromatic ring is 1. The predicted octanol–water partition coefficient (Wildman–Crippen LogP) is 1.47. The molecule has 1 heterocycles. The molecule has 64 valence electrons. The molecule has 0 aliphatic heterocycles. The van der Waals surface area contributed by atoms with Crippen LogP contribution in [0, 0.1) is 15.9 Å². The lowest BCUT2D eigenvalue weighted by molar-refractivity contribution is -0.385. The highest BCUT2D eigenvalue weighted by molar-refractivity contribution is 9.10. The summed E-state index contributed by atoms with van der Waals surface area (Å²) in [5, 5.41) is 10.3. The third kappa shape index (κ3) is 1.35. The summed E-state index contributed by atoms with van der Waals surface area (Å²) in [6, 6.07) is 0. The standard InChI is InChI=1S/C5H3BrFN3O2/c6-3-2(7)1-9-5(8)4(3)10(11)12/h1H,(H2,8,9). The maximum atomic E-state index is 12.7. The summed E-state index contributed by atoms with van der Waals surface area (Å²) in [6.45, 7) is 0. The van der Waals surface area contributed by atoms with Crippen molar-refractivity contribution in [2.45, 2.75) is 0 Å². The topological polar surface area (TPSA) is 82.0 Å². The summed E-state index contributed by atoms with van der Waals surface area (Å²) in [5.41, 5.74) is 4.60. The van der Waals surface area contributed by atoms with Gasteiger partial charge in [0.2, 0.25) is 5.82 Å². The molecule has 0 radical (unpaired) electrons. The number of rotatable bonds is 1. The summed E-state index contributed by atoms with van der Waals surface area (Å²) < 4.78 is 12.4. The molecule has 0 atom stereocenters. The van der Waals surface area contributed by atoms with Crippen LogP contribution in [0.15, 0.2) is 10.7 Å². The van der Waals surface area contributed by atoms with Gasteiger partial charge < -0.3 is 5.73 Å². The minimum Gasteiger partial charge on any atom is -0.378 e. The molecule has 2 N–H and O–H groups in total. The van der Waals surface area contributed by atoms with E-state index in [0.717, 1.165) is 6.20 Å². The molecular formula is C5H3BrFN3O2. The van der Waals surface area contributed by atoms with Gasteiger partial charge in [-0.05, 0) is 15.9 Å². The first-order chi connectivity index (χ1) is 5.54. The number of nitrogens with two attached hydrogens (primary N) is 1. The van der Waals surface area contributed by atoms with Crippen molar-refractivity contribution in [2.75, 3.05) is 5.73 Å². The zero-order valence-corrected chi connectivity index (χ0v) is 7.21. The van der Waals surface area contributed by atoms with Gasteiger partial charge in [-0.2, -0.15) is 0 Å². The predicted molar refractivity (Wildman–Crippen MR) is 43.0 cm³/mol. The largest absolute Gasteiger partial charge is 0.378 e. The SMILES string of the molecule is Nc1ncc(F)c(Br)c1[N+](=O)[O-]. The second-order valence-electron chi connectivity index (χ2n) is 1.91. The molecule has 0 spiro atoms. The quantitative estimate of drug-likeness (QED) is 0.591. The third-order valence-corrected chi connectivity index (χ3v) is 1.91. The summed E-state index contributed by atoms with van der Waals surface area (Å²) in [7, 11) is 0. The van der Waals surface area contributed by atoms with Gasteiger partial charge in [-0.1, -0.05) is 0 Å². The van der Waals surface area contributed by atoms with Crippen molar-refractivity contribution in [3.05, 3.63) is 26.6 Å². The van der Waals surface area contributed by atoms with Crippen LogP contribution in [0.1, 0.15) is 0 Å². The normalized spacial score (nSPS) is 9.83. The fraction of sp³-hybridized carbons (Fsp3) is 0. The first-order valence-corrected chi connectivity index (χ1v) is 3.57. The van der Waals surface area contributed by atoms with Crippen molar-refractivity contribution in [3.63, 3.8) is 0 Å². The number of nitrogens with zero attached hydrogens (tertiary/aromatic N) is 2. The molecule has 12 heavy (non-hydrogen) atoms. The molecular weight excluding hydrogens is 233 g/mol. The van der Waals surface area contributed by atoms with Crippen LogP contribution in [0.2, 0.25) is 0 Å². The molecule has 0 aromatic carbocycles. The van der Waals surface area contributed by atoms with Gasteiger partial charge in [0.15, 0.2) is 5.82 Å². The van der Waals surface area contributed by atoms with E-state index in [9.17, 15) is 14.5 Å². The zero-order valence-electron chi connectivity index (χ0n) is 5.62. The van der Waals surface area contributed by atoms with E-state index < -0.39 is 16.4 Å². The Balaban J connectivity index is 3.43. The molecule has 0 aliphatic rings. The van der Waals surface area contributed by atoms with Crippen molar-refractivity contribution < 1.29 is 9.31 Å². The first-order valence-electron chi connectivity index (χ1n) is 2.78. The molecule has 0 fully saturated rings. The van der Waals surface area contributed by atoms with E-state index in [-0.39, 0.29) is 10.3 Å². The molecule has 7 heteroatoms. The molecule has 0 unspecified atom stereocenters. The zero-order chi connectivity index (χ0) is 9.30. The van der Waals surface area contributed by atoms with Gasteiger partial charge in [0.1, 0.15) is 4.47 Å². The Labute approximate surface area is 74.7 Å². The Kier molecular flexibility index (Phi) is 2.22. The number of pyridine rings is 1. The van der Waals surface area contributed by atoms with Crippen LogP contribution < -0.4 is 5.73 Å². The van der Waals surface area contributed by atoms with E-state index in [0.29, 0.717) is 0 Å². The highest BCUT2D eigenvalue weighted by Gasteiger charge is 2.21. The van der Waals surface area contributed by atoms with Crippen molar-refractivity contribution in [1.82, 2.24) is 4.98 Å². The minimum atomic E-state index is -0.809. The Hall–Kier alpha value is -1.24. The smallest absolute Gasteiger partial charge is 0.328 e. The third-order valence-electron chi connectivity index (χ3n) is 1.16. The van der Waals surface area contributed by atoms with Gasteiger partial charge in [-0.25, -0.2) is 9.37 Å². The molecule has 0 amide bonds. The molecule has 1 rings (SSSR count). The summed E-state index contributed by atoms with van der Waals surface area (Å²) in [5.74, 6) is -1.12. The van der Waals surface area contributed by atoms with E-state index in [1.807, 2.05) is 0 Å². The Morgan fingerprint density at radius 3 is 2.75 bits per heavy atom. The van der Waals surface area contributed by atoms with Gasteiger partial charge in [-0.15, -0.1) is 0 Å². The van der Waals surface area contributed by atoms with E-state index in [4.69, 9.17) is 5.73 Å². The van der Waals surface area contributed by atoms with Gasteiger partial charge in [0.25, 0.3) is 0 Å². The van der Waals surface area contributed by atoms with Crippen LogP contribution in [-0.4, -0.2) is 9.91 Å². The fourth-order valence-corrected chi connectivity index (χ4v) is 1.09. The van der Waals surface area contributed by atoms with E-state index in [1.54, 1.807) is 0 Å². The second kappa shape index (κ2) is 3.02. The maximum absolute atomic E-state index is 12.7. The average Bonchev–Trinajstić information content (AvgIpc) is 1.97. The first kappa shape index (κ1) is 8.85. The van der Waals surface area contributed by atoms with Crippen LogP contribution in [0.5, 0.6) is 0 Å². The molecule has 0 bridgehead atoms. The number of halogens is 2. The molecule has 1 aromatic heterocycles. The molecule has 1 aromatic rings. The van der Waals surface area contributed by atoms with E-state index >= 15 is 0 Å². The van der Waals surface area contributed by atoms with Crippen molar-refractivity contribution in [3.8, 4) is 0 Å². The molecule has 0 saturated heterocycles. The number of hydrogen-bond donors (Lipinski definition) is 1. The lowest BCUT2D eigenvalue weighted by Crippen LogP contribution is -2.00. The Bertz CT molecular complexity index is 344. The van der Waals surface area contributed by atoms with Crippen LogP contribution in [0.25, 0.3) is 0 Å². The fourth-order valence-electron chi connectivity index (χ4n) is 0.643. The molecule has 0 aliphatic carbocycles. The van der Waals surface area contributed by atoms with Gasteiger partial charge >= 0.3 is 5.69 Å². The van der Waals surface area contributed by atoms with Gasteiger partial charge in [0.05, 0.1) is 11.1 Å².